The Hall–Kier alpha value is -2.75. The average Bonchev–Trinajstić information content (AvgIpc) is 3.28. The Morgan fingerprint density at radius 3 is 2.07 bits per heavy atom. The summed E-state index contributed by atoms with van der Waals surface area (Å²) >= 11 is 0. The van der Waals surface area contributed by atoms with Crippen molar-refractivity contribution in [3.8, 4) is 0 Å². The predicted molar refractivity (Wildman–Crippen MR) is 160 cm³/mol. The first-order valence-electron chi connectivity index (χ1n) is 13.9. The number of aliphatic carboxylic acids is 1. The van der Waals surface area contributed by atoms with Gasteiger partial charge in [-0.1, -0.05) is 62.4 Å². The summed E-state index contributed by atoms with van der Waals surface area (Å²) in [7, 11) is 0. The molecule has 0 spiro atoms. The number of hydrogen-bond acceptors (Lipinski definition) is 6. The van der Waals surface area contributed by atoms with Crippen LogP contribution in [0.4, 0.5) is 10.1 Å². The van der Waals surface area contributed by atoms with Crippen LogP contribution in [0.2, 0.25) is 0 Å². The van der Waals surface area contributed by atoms with E-state index in [0.29, 0.717) is 12.2 Å². The number of halogens is 1. The Labute approximate surface area is 276 Å². The van der Waals surface area contributed by atoms with Crippen molar-refractivity contribution in [2.45, 2.75) is 51.4 Å². The molecule has 3 aromatic carbocycles. The maximum absolute atomic E-state index is 14.1. The van der Waals surface area contributed by atoms with Crippen LogP contribution in [-0.4, -0.2) is 89.5 Å². The summed E-state index contributed by atoms with van der Waals surface area (Å²) < 4.78 is 14.0. The molecule has 0 fully saturated rings. The monoisotopic (exact) mass is 599 g/mol. The van der Waals surface area contributed by atoms with E-state index in [1.165, 1.54) is 12.1 Å². The van der Waals surface area contributed by atoms with E-state index in [1.807, 2.05) is 74.5 Å². The molecule has 4 rings (SSSR count). The topological polar surface area (TPSA) is 113 Å². The van der Waals surface area contributed by atoms with Gasteiger partial charge < -0.3 is 30.3 Å². The molecule has 4 unspecified atom stereocenters. The molecule has 1 aliphatic rings. The van der Waals surface area contributed by atoms with Gasteiger partial charge >= 0.3 is 37.7 Å². The molecule has 216 valence electrons. The number of para-hydroxylation sites is 1. The van der Waals surface area contributed by atoms with Gasteiger partial charge in [0.1, 0.15) is 5.82 Å². The largest absolute Gasteiger partial charge is 2.00 e. The molecule has 0 saturated carbocycles. The molecule has 3 aromatic rings. The van der Waals surface area contributed by atoms with Gasteiger partial charge in [-0.2, -0.15) is 0 Å². The van der Waals surface area contributed by atoms with E-state index in [9.17, 15) is 29.3 Å². The molecule has 1 heterocycles. The van der Waals surface area contributed by atoms with E-state index < -0.39 is 30.5 Å². The van der Waals surface area contributed by atoms with Gasteiger partial charge in [-0.3, -0.25) is 4.79 Å². The summed E-state index contributed by atoms with van der Waals surface area (Å²) in [4.78, 5) is 27.1. The molecule has 0 bridgehead atoms. The third-order valence-electron chi connectivity index (χ3n) is 7.41. The molecule has 0 aromatic heterocycles. The number of aliphatic hydroxyl groups excluding tert-OH is 2. The minimum absolute atomic E-state index is 0. The number of hydrogen-bond donors (Lipinski definition) is 3. The summed E-state index contributed by atoms with van der Waals surface area (Å²) in [5.74, 6) is -2.54. The minimum atomic E-state index is -1.38. The number of anilines is 1. The summed E-state index contributed by atoms with van der Waals surface area (Å²) in [6, 6.07) is 24.7. The number of rotatable bonds is 12. The second kappa shape index (κ2) is 15.6. The first-order valence-corrected chi connectivity index (χ1v) is 13.9. The van der Waals surface area contributed by atoms with E-state index in [1.54, 1.807) is 12.1 Å². The van der Waals surface area contributed by atoms with Crippen LogP contribution >= 0.6 is 0 Å². The zero-order valence-electron chi connectivity index (χ0n) is 23.9. The zero-order chi connectivity index (χ0) is 29.5. The molecule has 9 heteroatoms. The van der Waals surface area contributed by atoms with Crippen LogP contribution in [0.25, 0.3) is 11.3 Å². The smallest absolute Gasteiger partial charge is 0.550 e. The number of carbonyl (C=O) groups is 2. The molecule has 7 nitrogen and oxygen atoms in total. The van der Waals surface area contributed by atoms with Crippen LogP contribution in [0.1, 0.15) is 44.2 Å². The van der Waals surface area contributed by atoms with Gasteiger partial charge in [0.25, 0.3) is 0 Å². The fraction of sp³-hybridized carbons (Fsp3) is 0.333. The van der Waals surface area contributed by atoms with Crippen molar-refractivity contribution in [2.24, 2.45) is 11.8 Å². The molecule has 42 heavy (non-hydrogen) atoms. The van der Waals surface area contributed by atoms with E-state index in [-0.39, 0.29) is 74.3 Å². The van der Waals surface area contributed by atoms with Crippen LogP contribution in [0.5, 0.6) is 0 Å². The Morgan fingerprint density at radius 2 is 1.50 bits per heavy atom. The third-order valence-corrected chi connectivity index (χ3v) is 7.41. The fourth-order valence-electron chi connectivity index (χ4n) is 5.69. The molecular weight excluding hydrogens is 563 g/mol. The number of carbonyl (C=O) groups excluding carboxylic acids is 2. The van der Waals surface area contributed by atoms with E-state index >= 15 is 0 Å². The number of aliphatic hydroxyl groups is 2. The average molecular weight is 600 g/mol. The van der Waals surface area contributed by atoms with Crippen molar-refractivity contribution in [1.29, 1.82) is 0 Å². The number of carboxylic acids is 1. The van der Waals surface area contributed by atoms with Gasteiger partial charge in [-0.05, 0) is 71.9 Å². The first-order chi connectivity index (χ1) is 19.7. The van der Waals surface area contributed by atoms with Gasteiger partial charge in [-0.25, -0.2) is 4.39 Å². The summed E-state index contributed by atoms with van der Waals surface area (Å²) in [5, 5.41) is 34.7. The normalized spacial score (nSPS) is 18.0. The maximum Gasteiger partial charge on any atom is 2.00 e. The molecule has 4 atom stereocenters. The third kappa shape index (κ3) is 8.42. The fourth-order valence-corrected chi connectivity index (χ4v) is 5.69. The van der Waals surface area contributed by atoms with Crippen molar-refractivity contribution >= 4 is 66.6 Å². The second-order valence-electron chi connectivity index (χ2n) is 10.8. The summed E-state index contributed by atoms with van der Waals surface area (Å²) in [6.07, 6.45) is -2.68. The van der Waals surface area contributed by atoms with Crippen LogP contribution in [0.15, 0.2) is 84.9 Å². The molecule has 3 N–H and O–H groups in total. The molecular formula is C33H36CaFN2O5+. The number of nitrogens with one attached hydrogen (secondary N) is 1. The number of amides is 1. The van der Waals surface area contributed by atoms with Gasteiger partial charge in [0, 0.05) is 36.4 Å². The van der Waals surface area contributed by atoms with Crippen molar-refractivity contribution in [2.75, 3.05) is 11.9 Å². The van der Waals surface area contributed by atoms with Gasteiger partial charge in [-0.15, -0.1) is 0 Å². The SMILES string of the molecule is CC(C)C1C(C(=O)Nc2ccccc2)C(c2ccccc2)=C(c2ccc(F)cc2)N1CCC(O)CC(O)CC(=O)[O-].[Ca+2]. The van der Waals surface area contributed by atoms with Crippen molar-refractivity contribution in [1.82, 2.24) is 4.90 Å². The summed E-state index contributed by atoms with van der Waals surface area (Å²) in [5.41, 5.74) is 3.84. The number of carboxylic acid groups (broad SMARTS) is 1. The van der Waals surface area contributed by atoms with Crippen LogP contribution in [0, 0.1) is 17.7 Å². The quantitative estimate of drug-likeness (QED) is 0.275. The van der Waals surface area contributed by atoms with E-state index in [2.05, 4.69) is 10.2 Å². The Bertz CT molecular complexity index is 1350. The van der Waals surface area contributed by atoms with Crippen molar-refractivity contribution < 1.29 is 29.3 Å². The standard InChI is InChI=1S/C33H37FN2O5.Ca/c1-21(2)31-30(33(41)35-25-11-7-4-8-12-25)29(22-9-5-3-6-10-22)32(23-13-15-24(34)16-14-23)36(31)18-17-26(37)19-27(38)20-28(39)40;/h3-16,21,26-27,30-31,37-38H,17-20H2,1-2H3,(H,35,41)(H,39,40);/q;+2/p-1. The van der Waals surface area contributed by atoms with Crippen LogP contribution < -0.4 is 10.4 Å². The molecule has 1 amide bonds. The van der Waals surface area contributed by atoms with Gasteiger partial charge in [0.2, 0.25) is 5.91 Å². The number of benzene rings is 3. The summed E-state index contributed by atoms with van der Waals surface area (Å²) in [6.45, 7) is 4.40. The van der Waals surface area contributed by atoms with Gasteiger partial charge in [0.15, 0.2) is 0 Å². The molecule has 1 aliphatic heterocycles. The predicted octanol–water partition coefficient (Wildman–Crippen LogP) is 3.55. The van der Waals surface area contributed by atoms with Crippen molar-refractivity contribution in [3.63, 3.8) is 0 Å². The second-order valence-corrected chi connectivity index (χ2v) is 10.8. The number of nitrogens with zero attached hydrogens (tertiary/aromatic N) is 1. The molecule has 0 aliphatic carbocycles. The van der Waals surface area contributed by atoms with Crippen molar-refractivity contribution in [3.05, 3.63) is 102 Å². The Morgan fingerprint density at radius 1 is 0.905 bits per heavy atom. The minimum Gasteiger partial charge on any atom is -0.550 e. The van der Waals surface area contributed by atoms with Crippen LogP contribution in [0.3, 0.4) is 0 Å². The first kappa shape index (κ1) is 33.7. The Balaban J connectivity index is 0.00000484. The zero-order valence-corrected chi connectivity index (χ0v) is 26.2. The maximum atomic E-state index is 14.1. The molecule has 0 radical (unpaired) electrons. The molecule has 0 saturated heterocycles. The van der Waals surface area contributed by atoms with Crippen LogP contribution in [-0.2, 0) is 9.59 Å². The Kier molecular flexibility index (Phi) is 12.6. The van der Waals surface area contributed by atoms with Gasteiger partial charge in [0.05, 0.1) is 18.1 Å². The van der Waals surface area contributed by atoms with E-state index in [0.717, 1.165) is 22.4 Å². The van der Waals surface area contributed by atoms with E-state index in [4.69, 9.17) is 0 Å².